The van der Waals surface area contributed by atoms with Gasteiger partial charge in [-0.2, -0.15) is 5.10 Å². The second kappa shape index (κ2) is 8.14. The number of para-hydroxylation sites is 1. The van der Waals surface area contributed by atoms with Crippen molar-refractivity contribution in [3.8, 4) is 5.69 Å². The van der Waals surface area contributed by atoms with E-state index in [4.69, 9.17) is 0 Å². The van der Waals surface area contributed by atoms with Crippen molar-refractivity contribution in [3.05, 3.63) is 83.2 Å². The number of anilines is 1. The second-order valence-corrected chi connectivity index (χ2v) is 7.77. The molecule has 1 aromatic heterocycles. The maximum Gasteiger partial charge on any atom is 0.322 e. The molecule has 0 aliphatic carbocycles. The summed E-state index contributed by atoms with van der Waals surface area (Å²) >= 11 is 0. The zero-order valence-corrected chi connectivity index (χ0v) is 18.0. The minimum atomic E-state index is -1.19. The zero-order chi connectivity index (χ0) is 22.9. The summed E-state index contributed by atoms with van der Waals surface area (Å²) < 4.78 is 1.85. The van der Waals surface area contributed by atoms with E-state index in [1.165, 1.54) is 6.08 Å². The summed E-state index contributed by atoms with van der Waals surface area (Å²) in [6.07, 6.45) is 3.19. The molecule has 0 spiro atoms. The van der Waals surface area contributed by atoms with E-state index in [9.17, 15) is 14.4 Å². The van der Waals surface area contributed by atoms with Gasteiger partial charge in [0.2, 0.25) is 5.91 Å². The van der Waals surface area contributed by atoms with E-state index in [1.807, 2.05) is 48.9 Å². The molecule has 3 N–H and O–H groups in total. The Bertz CT molecular complexity index is 1250. The average Bonchev–Trinajstić information content (AvgIpc) is 3.21. The van der Waals surface area contributed by atoms with E-state index in [-0.39, 0.29) is 5.91 Å². The minimum Gasteiger partial charge on any atom is -0.323 e. The fourth-order valence-corrected chi connectivity index (χ4v) is 3.71. The van der Waals surface area contributed by atoms with Gasteiger partial charge in [-0.15, -0.1) is 0 Å². The maximum absolute atomic E-state index is 12.5. The number of rotatable bonds is 5. The molecule has 4 rings (SSSR count). The summed E-state index contributed by atoms with van der Waals surface area (Å²) in [5, 5.41) is 12.2. The highest BCUT2D eigenvalue weighted by Crippen LogP contribution is 2.26. The smallest absolute Gasteiger partial charge is 0.322 e. The number of nitrogens with one attached hydrogen (secondary N) is 3. The van der Waals surface area contributed by atoms with Gasteiger partial charge in [0.1, 0.15) is 5.54 Å². The number of nitrogens with zero attached hydrogens (tertiary/aromatic N) is 2. The van der Waals surface area contributed by atoms with E-state index in [0.29, 0.717) is 11.3 Å². The molecule has 8 nitrogen and oxygen atoms in total. The van der Waals surface area contributed by atoms with Crippen molar-refractivity contribution in [2.24, 2.45) is 0 Å². The highest BCUT2D eigenvalue weighted by molar-refractivity contribution is 6.07. The van der Waals surface area contributed by atoms with Crippen LogP contribution in [0.4, 0.5) is 10.5 Å². The van der Waals surface area contributed by atoms with E-state index < -0.39 is 17.5 Å². The van der Waals surface area contributed by atoms with Crippen molar-refractivity contribution < 1.29 is 14.4 Å². The molecule has 0 saturated carbocycles. The zero-order valence-electron chi connectivity index (χ0n) is 18.0. The van der Waals surface area contributed by atoms with Gasteiger partial charge in [0.15, 0.2) is 0 Å². The molecule has 3 aromatic rings. The van der Waals surface area contributed by atoms with Crippen molar-refractivity contribution in [2.45, 2.75) is 26.3 Å². The fraction of sp³-hybridized carbons (Fsp3) is 0.167. The van der Waals surface area contributed by atoms with Crippen LogP contribution in [-0.2, 0) is 15.1 Å². The highest BCUT2D eigenvalue weighted by Gasteiger charge is 2.43. The van der Waals surface area contributed by atoms with Gasteiger partial charge in [0.25, 0.3) is 5.91 Å². The van der Waals surface area contributed by atoms with Crippen LogP contribution in [0.1, 0.15) is 29.4 Å². The summed E-state index contributed by atoms with van der Waals surface area (Å²) in [5.41, 5.74) is 3.46. The molecule has 8 heteroatoms. The second-order valence-electron chi connectivity index (χ2n) is 7.77. The normalized spacial score (nSPS) is 18.0. The maximum atomic E-state index is 12.5. The van der Waals surface area contributed by atoms with Gasteiger partial charge in [-0.3, -0.25) is 14.9 Å². The van der Waals surface area contributed by atoms with Crippen LogP contribution >= 0.6 is 0 Å². The van der Waals surface area contributed by atoms with Gasteiger partial charge in [-0.25, -0.2) is 9.48 Å². The monoisotopic (exact) mass is 429 g/mol. The largest absolute Gasteiger partial charge is 0.323 e. The Morgan fingerprint density at radius 1 is 1.09 bits per heavy atom. The number of hydrogen-bond donors (Lipinski definition) is 3. The molecule has 2 aromatic carbocycles. The Kier molecular flexibility index (Phi) is 5.36. The lowest BCUT2D eigenvalue weighted by atomic mass is 9.92. The topological polar surface area (TPSA) is 105 Å². The van der Waals surface area contributed by atoms with Crippen LogP contribution in [0.5, 0.6) is 0 Å². The number of amides is 4. The van der Waals surface area contributed by atoms with Crippen LogP contribution in [0.25, 0.3) is 11.8 Å². The first-order valence-corrected chi connectivity index (χ1v) is 10.1. The van der Waals surface area contributed by atoms with Crippen molar-refractivity contribution in [3.63, 3.8) is 0 Å². The number of carbonyl (C=O) groups is 3. The number of aromatic nitrogens is 2. The van der Waals surface area contributed by atoms with E-state index in [2.05, 4.69) is 21.0 Å². The van der Waals surface area contributed by atoms with Gasteiger partial charge >= 0.3 is 6.03 Å². The molecule has 4 amide bonds. The molecule has 32 heavy (non-hydrogen) atoms. The molecule has 162 valence electrons. The van der Waals surface area contributed by atoms with Crippen LogP contribution in [0, 0.1) is 13.8 Å². The Labute approximate surface area is 185 Å². The quantitative estimate of drug-likeness (QED) is 0.428. The molecule has 1 unspecified atom stereocenters. The summed E-state index contributed by atoms with van der Waals surface area (Å²) in [6.45, 7) is 5.47. The molecule has 1 aliphatic heterocycles. The van der Waals surface area contributed by atoms with Gasteiger partial charge in [0, 0.05) is 23.0 Å². The number of benzene rings is 2. The standard InChI is InChI=1S/C24H23N5O3/c1-15-20(16(2)29(28-15)19-10-5-4-6-11-19)12-13-21(30)25-18-9-7-8-17(14-18)24(3)22(31)26-23(32)27-24/h4-14H,1-3H3,(H,25,30)(H2,26,27,31,32)/b13-12+. The van der Waals surface area contributed by atoms with E-state index in [0.717, 1.165) is 22.6 Å². The lowest BCUT2D eigenvalue weighted by Gasteiger charge is -2.21. The van der Waals surface area contributed by atoms with Crippen LogP contribution in [0.2, 0.25) is 0 Å². The number of imide groups is 1. The van der Waals surface area contributed by atoms with Gasteiger partial charge < -0.3 is 10.6 Å². The Morgan fingerprint density at radius 3 is 2.53 bits per heavy atom. The average molecular weight is 429 g/mol. The molecule has 0 radical (unpaired) electrons. The molecule has 1 saturated heterocycles. The molecular weight excluding hydrogens is 406 g/mol. The molecule has 0 bridgehead atoms. The molecule has 1 atom stereocenters. The Morgan fingerprint density at radius 2 is 1.84 bits per heavy atom. The first-order chi connectivity index (χ1) is 15.3. The summed E-state index contributed by atoms with van der Waals surface area (Å²) in [4.78, 5) is 36.3. The predicted octanol–water partition coefficient (Wildman–Crippen LogP) is 3.20. The van der Waals surface area contributed by atoms with Crippen LogP contribution in [-0.4, -0.2) is 27.6 Å². The van der Waals surface area contributed by atoms with Crippen molar-refractivity contribution >= 4 is 29.6 Å². The lowest BCUT2D eigenvalue weighted by molar-refractivity contribution is -0.123. The van der Waals surface area contributed by atoms with Crippen LogP contribution < -0.4 is 16.0 Å². The first-order valence-electron chi connectivity index (χ1n) is 10.1. The highest BCUT2D eigenvalue weighted by atomic mass is 16.2. The Hall–Kier alpha value is -4.20. The minimum absolute atomic E-state index is 0.321. The summed E-state index contributed by atoms with van der Waals surface area (Å²) in [5.74, 6) is -0.759. The third-order valence-corrected chi connectivity index (χ3v) is 5.50. The molecule has 2 heterocycles. The Balaban J connectivity index is 1.51. The van der Waals surface area contributed by atoms with Crippen molar-refractivity contribution in [2.75, 3.05) is 5.32 Å². The van der Waals surface area contributed by atoms with Crippen LogP contribution in [0.15, 0.2) is 60.7 Å². The van der Waals surface area contributed by atoms with Gasteiger partial charge in [-0.05, 0) is 56.7 Å². The van der Waals surface area contributed by atoms with Gasteiger partial charge in [-0.1, -0.05) is 30.3 Å². The van der Waals surface area contributed by atoms with Crippen molar-refractivity contribution in [1.82, 2.24) is 20.4 Å². The third-order valence-electron chi connectivity index (χ3n) is 5.50. The fourth-order valence-electron chi connectivity index (χ4n) is 3.71. The number of carbonyl (C=O) groups excluding carboxylic acids is 3. The first kappa shape index (κ1) is 21.0. The molecule has 1 aliphatic rings. The van der Waals surface area contributed by atoms with Crippen LogP contribution in [0.3, 0.4) is 0 Å². The SMILES string of the molecule is Cc1nn(-c2ccccc2)c(C)c1/C=C/C(=O)Nc1cccc(C2(C)NC(=O)NC2=O)c1. The molecular formula is C24H23N5O3. The summed E-state index contributed by atoms with van der Waals surface area (Å²) in [7, 11) is 0. The summed E-state index contributed by atoms with van der Waals surface area (Å²) in [6, 6.07) is 16.1. The molecule has 1 fully saturated rings. The van der Waals surface area contributed by atoms with Gasteiger partial charge in [0.05, 0.1) is 11.4 Å². The van der Waals surface area contributed by atoms with E-state index >= 15 is 0 Å². The lowest BCUT2D eigenvalue weighted by Crippen LogP contribution is -2.40. The predicted molar refractivity (Wildman–Crippen MR) is 121 cm³/mol. The third kappa shape index (κ3) is 3.90. The number of hydrogen-bond acceptors (Lipinski definition) is 4. The number of urea groups is 1. The van der Waals surface area contributed by atoms with Crippen molar-refractivity contribution in [1.29, 1.82) is 0 Å². The number of aryl methyl sites for hydroxylation is 1. The van der Waals surface area contributed by atoms with E-state index in [1.54, 1.807) is 37.3 Å².